The Kier molecular flexibility index (Phi) is 15.5. The van der Waals surface area contributed by atoms with Gasteiger partial charge >= 0.3 is 5.97 Å². The van der Waals surface area contributed by atoms with Crippen molar-refractivity contribution >= 4 is 23.7 Å². The zero-order valence-electron chi connectivity index (χ0n) is 18.9. The third-order valence-electron chi connectivity index (χ3n) is 5.34. The van der Waals surface area contributed by atoms with Crippen molar-refractivity contribution in [2.45, 2.75) is 110 Å². The third kappa shape index (κ3) is 13.2. The van der Waals surface area contributed by atoms with E-state index in [2.05, 4.69) is 17.6 Å². The number of unbranched alkanes of at least 4 members (excludes halogenated alkanes) is 8. The molecule has 0 aliphatic heterocycles. The van der Waals surface area contributed by atoms with Crippen LogP contribution in [-0.2, 0) is 19.2 Å². The van der Waals surface area contributed by atoms with E-state index in [0.29, 0.717) is 12.8 Å². The van der Waals surface area contributed by atoms with Gasteiger partial charge in [0.25, 0.3) is 0 Å². The van der Waals surface area contributed by atoms with Crippen LogP contribution in [0.15, 0.2) is 0 Å². The van der Waals surface area contributed by atoms with E-state index in [1.807, 2.05) is 13.8 Å². The molecule has 0 heterocycles. The lowest BCUT2D eigenvalue weighted by Gasteiger charge is -2.25. The van der Waals surface area contributed by atoms with Crippen molar-refractivity contribution in [3.05, 3.63) is 0 Å². The van der Waals surface area contributed by atoms with E-state index < -0.39 is 36.3 Å². The predicted octanol–water partition coefficient (Wildman–Crippen LogP) is 2.88. The molecule has 0 saturated carbocycles. The number of aliphatic carboxylic acids is 1. The molecular formula is C22H41N3O5. The zero-order chi connectivity index (χ0) is 22.9. The van der Waals surface area contributed by atoms with E-state index in [0.717, 1.165) is 19.3 Å². The van der Waals surface area contributed by atoms with Crippen LogP contribution in [0.2, 0.25) is 0 Å². The lowest BCUT2D eigenvalue weighted by Crippen LogP contribution is -2.54. The number of carboxylic acid groups (broad SMARTS) is 1. The van der Waals surface area contributed by atoms with Crippen LogP contribution >= 0.6 is 0 Å². The molecule has 8 heteroatoms. The first-order chi connectivity index (χ1) is 14.2. The van der Waals surface area contributed by atoms with Gasteiger partial charge in [0.2, 0.25) is 17.7 Å². The van der Waals surface area contributed by atoms with E-state index in [9.17, 15) is 19.2 Å². The lowest BCUT2D eigenvalue weighted by molar-refractivity contribution is -0.144. The molecule has 3 amide bonds. The molecular weight excluding hydrogens is 386 g/mol. The Labute approximate surface area is 180 Å². The Balaban J connectivity index is 4.44. The molecule has 0 aliphatic rings. The van der Waals surface area contributed by atoms with Crippen molar-refractivity contribution in [3.63, 3.8) is 0 Å². The topological polar surface area (TPSA) is 139 Å². The van der Waals surface area contributed by atoms with Gasteiger partial charge in [0.15, 0.2) is 0 Å². The minimum absolute atomic E-state index is 0.180. The van der Waals surface area contributed by atoms with Crippen LogP contribution in [0.4, 0.5) is 0 Å². The summed E-state index contributed by atoms with van der Waals surface area (Å²) in [5.41, 5.74) is 5.05. The summed E-state index contributed by atoms with van der Waals surface area (Å²) >= 11 is 0. The quantitative estimate of drug-likeness (QED) is 0.249. The van der Waals surface area contributed by atoms with Crippen LogP contribution < -0.4 is 16.4 Å². The Morgan fingerprint density at radius 1 is 0.867 bits per heavy atom. The first kappa shape index (κ1) is 27.9. The van der Waals surface area contributed by atoms with Gasteiger partial charge < -0.3 is 21.5 Å². The highest BCUT2D eigenvalue weighted by Crippen LogP contribution is 2.12. The van der Waals surface area contributed by atoms with Crippen LogP contribution in [0.3, 0.4) is 0 Å². The molecule has 0 unspecified atom stereocenters. The number of hydrogen-bond acceptors (Lipinski definition) is 4. The summed E-state index contributed by atoms with van der Waals surface area (Å²) in [6.07, 6.45) is 10.8. The number of rotatable bonds is 18. The van der Waals surface area contributed by atoms with Crippen LogP contribution in [0, 0.1) is 5.92 Å². The summed E-state index contributed by atoms with van der Waals surface area (Å²) in [5, 5.41) is 14.2. The number of hydrogen-bond donors (Lipinski definition) is 4. The second-order valence-corrected chi connectivity index (χ2v) is 8.08. The molecule has 0 aromatic rings. The molecule has 0 bridgehead atoms. The molecule has 174 valence electrons. The summed E-state index contributed by atoms with van der Waals surface area (Å²) in [6.45, 7) is 5.90. The summed E-state index contributed by atoms with van der Waals surface area (Å²) in [7, 11) is 0. The number of amides is 3. The van der Waals surface area contributed by atoms with Crippen LogP contribution in [0.5, 0.6) is 0 Å². The van der Waals surface area contributed by atoms with Crippen molar-refractivity contribution in [3.8, 4) is 0 Å². The summed E-state index contributed by atoms with van der Waals surface area (Å²) in [5.74, 6) is -3.18. The maximum atomic E-state index is 12.6. The van der Waals surface area contributed by atoms with Gasteiger partial charge in [-0.15, -0.1) is 0 Å². The number of carbonyl (C=O) groups is 4. The van der Waals surface area contributed by atoms with Crippen molar-refractivity contribution in [1.29, 1.82) is 0 Å². The molecule has 0 radical (unpaired) electrons. The van der Waals surface area contributed by atoms with Gasteiger partial charge in [-0.3, -0.25) is 14.4 Å². The fourth-order valence-corrected chi connectivity index (χ4v) is 3.21. The molecule has 30 heavy (non-hydrogen) atoms. The van der Waals surface area contributed by atoms with Gasteiger partial charge in [-0.05, 0) is 12.3 Å². The van der Waals surface area contributed by atoms with Crippen LogP contribution in [0.1, 0.15) is 97.8 Å². The molecule has 0 saturated heterocycles. The highest BCUT2D eigenvalue weighted by atomic mass is 16.4. The predicted molar refractivity (Wildman–Crippen MR) is 117 cm³/mol. The van der Waals surface area contributed by atoms with Crippen molar-refractivity contribution < 1.29 is 24.3 Å². The fraction of sp³-hybridized carbons (Fsp3) is 0.818. The zero-order valence-corrected chi connectivity index (χ0v) is 18.9. The maximum absolute atomic E-state index is 12.6. The number of nitrogens with one attached hydrogen (secondary N) is 2. The first-order valence-corrected chi connectivity index (χ1v) is 11.3. The van der Waals surface area contributed by atoms with Crippen LogP contribution in [-0.4, -0.2) is 40.9 Å². The SMILES string of the molecule is CCCCCCCCCCCC(=O)N[C@H](C(=O)N[C@@H](CC(N)=O)C(=O)O)[C@@H](C)CC. The Bertz CT molecular complexity index is 539. The summed E-state index contributed by atoms with van der Waals surface area (Å²) < 4.78 is 0. The van der Waals surface area contributed by atoms with E-state index in [4.69, 9.17) is 10.8 Å². The fourth-order valence-electron chi connectivity index (χ4n) is 3.21. The van der Waals surface area contributed by atoms with Crippen molar-refractivity contribution in [2.75, 3.05) is 0 Å². The largest absolute Gasteiger partial charge is 0.480 e. The molecule has 0 rings (SSSR count). The molecule has 3 atom stereocenters. The van der Waals surface area contributed by atoms with Crippen molar-refractivity contribution in [1.82, 2.24) is 10.6 Å². The normalized spacial score (nSPS) is 13.8. The summed E-state index contributed by atoms with van der Waals surface area (Å²) in [6, 6.07) is -2.26. The van der Waals surface area contributed by atoms with Crippen LogP contribution in [0.25, 0.3) is 0 Å². The van der Waals surface area contributed by atoms with Gasteiger partial charge in [-0.2, -0.15) is 0 Å². The van der Waals surface area contributed by atoms with Gasteiger partial charge in [-0.1, -0.05) is 78.6 Å². The molecule has 5 N–H and O–H groups in total. The van der Waals surface area contributed by atoms with E-state index >= 15 is 0 Å². The molecule has 8 nitrogen and oxygen atoms in total. The van der Waals surface area contributed by atoms with Gasteiger partial charge in [0.05, 0.1) is 6.42 Å². The van der Waals surface area contributed by atoms with Crippen molar-refractivity contribution in [2.24, 2.45) is 11.7 Å². The Hall–Kier alpha value is -2.12. The monoisotopic (exact) mass is 427 g/mol. The molecule has 0 aromatic heterocycles. The summed E-state index contributed by atoms with van der Waals surface area (Å²) in [4.78, 5) is 47.1. The first-order valence-electron chi connectivity index (χ1n) is 11.3. The highest BCUT2D eigenvalue weighted by Gasteiger charge is 2.30. The molecule has 0 aliphatic carbocycles. The Morgan fingerprint density at radius 2 is 1.40 bits per heavy atom. The minimum Gasteiger partial charge on any atom is -0.480 e. The van der Waals surface area contributed by atoms with E-state index in [-0.39, 0.29) is 11.8 Å². The average molecular weight is 428 g/mol. The maximum Gasteiger partial charge on any atom is 0.326 e. The van der Waals surface area contributed by atoms with E-state index in [1.54, 1.807) is 0 Å². The molecule has 0 aromatic carbocycles. The number of nitrogens with two attached hydrogens (primary N) is 1. The lowest BCUT2D eigenvalue weighted by atomic mass is 9.97. The molecule has 0 fully saturated rings. The third-order valence-corrected chi connectivity index (χ3v) is 5.34. The minimum atomic E-state index is -1.41. The standard InChI is InChI=1S/C22H41N3O5/c1-4-6-7-8-9-10-11-12-13-14-19(27)25-20(16(3)5-2)21(28)24-17(22(29)30)15-18(23)26/h16-17,20H,4-15H2,1-3H3,(H2,23,26)(H,24,28)(H,25,27)(H,29,30)/t16-,17-,20-/m0/s1. The van der Waals surface area contributed by atoms with Gasteiger partial charge in [0.1, 0.15) is 12.1 Å². The van der Waals surface area contributed by atoms with Gasteiger partial charge in [-0.25, -0.2) is 4.79 Å². The smallest absolute Gasteiger partial charge is 0.326 e. The second-order valence-electron chi connectivity index (χ2n) is 8.08. The number of carboxylic acids is 1. The number of carbonyl (C=O) groups excluding carboxylic acids is 3. The molecule has 0 spiro atoms. The average Bonchev–Trinajstić information content (AvgIpc) is 2.69. The van der Waals surface area contributed by atoms with Gasteiger partial charge in [0, 0.05) is 6.42 Å². The second kappa shape index (κ2) is 16.7. The van der Waals surface area contributed by atoms with E-state index in [1.165, 1.54) is 38.5 Å². The highest BCUT2D eigenvalue weighted by molar-refractivity contribution is 5.92. The number of primary amides is 1. The Morgan fingerprint density at radius 3 is 1.87 bits per heavy atom.